The zero-order valence-corrected chi connectivity index (χ0v) is 9.80. The molecule has 16 heavy (non-hydrogen) atoms. The van der Waals surface area contributed by atoms with E-state index in [1.54, 1.807) is 13.8 Å². The Labute approximate surface area is 94.4 Å². The molecule has 0 radical (unpaired) electrons. The SMILES string of the molecule is CCCN(CC(F)(F)F)C(CO)C(N)CC. The van der Waals surface area contributed by atoms with E-state index in [0.717, 1.165) is 0 Å². The third kappa shape index (κ3) is 5.67. The fourth-order valence-electron chi connectivity index (χ4n) is 1.67. The van der Waals surface area contributed by atoms with Gasteiger partial charge in [-0.2, -0.15) is 13.2 Å². The first-order valence-electron chi connectivity index (χ1n) is 5.52. The summed E-state index contributed by atoms with van der Waals surface area (Å²) in [5.74, 6) is 0. The number of rotatable bonds is 7. The molecule has 0 fully saturated rings. The first-order chi connectivity index (χ1) is 7.35. The van der Waals surface area contributed by atoms with Crippen LogP contribution >= 0.6 is 0 Å². The van der Waals surface area contributed by atoms with Crippen molar-refractivity contribution in [2.75, 3.05) is 19.7 Å². The van der Waals surface area contributed by atoms with Crippen molar-refractivity contribution in [1.82, 2.24) is 4.90 Å². The molecule has 0 aromatic heterocycles. The van der Waals surface area contributed by atoms with Gasteiger partial charge in [-0.15, -0.1) is 0 Å². The van der Waals surface area contributed by atoms with Crippen LogP contribution in [0.25, 0.3) is 0 Å². The minimum absolute atomic E-state index is 0.290. The number of alkyl halides is 3. The summed E-state index contributed by atoms with van der Waals surface area (Å²) < 4.78 is 37.0. The van der Waals surface area contributed by atoms with E-state index in [-0.39, 0.29) is 6.61 Å². The zero-order valence-electron chi connectivity index (χ0n) is 9.80. The van der Waals surface area contributed by atoms with Gasteiger partial charge in [-0.1, -0.05) is 13.8 Å². The number of halogens is 3. The molecule has 0 bridgehead atoms. The predicted molar refractivity (Wildman–Crippen MR) is 57.1 cm³/mol. The largest absolute Gasteiger partial charge is 0.401 e. The molecule has 0 amide bonds. The van der Waals surface area contributed by atoms with Crippen molar-refractivity contribution in [3.05, 3.63) is 0 Å². The van der Waals surface area contributed by atoms with Gasteiger partial charge in [0.15, 0.2) is 0 Å². The Morgan fingerprint density at radius 1 is 1.31 bits per heavy atom. The molecule has 6 heteroatoms. The summed E-state index contributed by atoms with van der Waals surface area (Å²) in [6, 6.07) is -1.05. The van der Waals surface area contributed by atoms with Crippen LogP contribution in [-0.2, 0) is 0 Å². The molecule has 3 nitrogen and oxygen atoms in total. The van der Waals surface area contributed by atoms with Crippen LogP contribution in [0.1, 0.15) is 26.7 Å². The van der Waals surface area contributed by atoms with Crippen molar-refractivity contribution in [2.45, 2.75) is 44.9 Å². The first-order valence-corrected chi connectivity index (χ1v) is 5.52. The Bertz CT molecular complexity index is 187. The summed E-state index contributed by atoms with van der Waals surface area (Å²) in [6.07, 6.45) is -3.11. The second kappa shape index (κ2) is 7.09. The first kappa shape index (κ1) is 15.7. The predicted octanol–water partition coefficient (Wildman–Crippen LogP) is 1.36. The quantitative estimate of drug-likeness (QED) is 0.708. The summed E-state index contributed by atoms with van der Waals surface area (Å²) in [6.45, 7) is 2.53. The third-order valence-electron chi connectivity index (χ3n) is 2.51. The normalized spacial score (nSPS) is 16.5. The van der Waals surface area contributed by atoms with E-state index in [0.29, 0.717) is 19.4 Å². The van der Waals surface area contributed by atoms with Crippen LogP contribution in [0, 0.1) is 0 Å². The molecule has 0 aliphatic rings. The van der Waals surface area contributed by atoms with Crippen LogP contribution in [0.3, 0.4) is 0 Å². The summed E-state index contributed by atoms with van der Waals surface area (Å²) in [5, 5.41) is 9.13. The number of nitrogens with two attached hydrogens (primary N) is 1. The maximum absolute atomic E-state index is 12.3. The Balaban J connectivity index is 4.58. The van der Waals surface area contributed by atoms with Gasteiger partial charge in [0.1, 0.15) is 0 Å². The fourth-order valence-corrected chi connectivity index (χ4v) is 1.67. The van der Waals surface area contributed by atoms with Gasteiger partial charge in [-0.05, 0) is 19.4 Å². The van der Waals surface area contributed by atoms with Crippen molar-refractivity contribution in [3.63, 3.8) is 0 Å². The second-order valence-corrected chi connectivity index (χ2v) is 3.91. The lowest BCUT2D eigenvalue weighted by molar-refractivity contribution is -0.153. The summed E-state index contributed by atoms with van der Waals surface area (Å²) >= 11 is 0. The van der Waals surface area contributed by atoms with E-state index in [9.17, 15) is 13.2 Å². The molecule has 0 heterocycles. The van der Waals surface area contributed by atoms with Gasteiger partial charge in [-0.3, -0.25) is 4.90 Å². The second-order valence-electron chi connectivity index (χ2n) is 3.91. The van der Waals surface area contributed by atoms with Crippen molar-refractivity contribution >= 4 is 0 Å². The molecule has 3 N–H and O–H groups in total. The minimum atomic E-state index is -4.25. The molecule has 2 atom stereocenters. The van der Waals surface area contributed by atoms with Crippen LogP contribution in [0.5, 0.6) is 0 Å². The van der Waals surface area contributed by atoms with Crippen LogP contribution in [0.4, 0.5) is 13.2 Å². The Hall–Kier alpha value is -0.330. The van der Waals surface area contributed by atoms with Crippen LogP contribution < -0.4 is 5.73 Å². The van der Waals surface area contributed by atoms with E-state index in [4.69, 9.17) is 10.8 Å². The molecular formula is C10H21F3N2O. The Kier molecular flexibility index (Phi) is 6.94. The van der Waals surface area contributed by atoms with Gasteiger partial charge in [0, 0.05) is 12.1 Å². The molecule has 0 aliphatic heterocycles. The molecule has 2 unspecified atom stereocenters. The maximum atomic E-state index is 12.3. The molecule has 0 spiro atoms. The molecule has 0 saturated carbocycles. The minimum Gasteiger partial charge on any atom is -0.395 e. The highest BCUT2D eigenvalue weighted by atomic mass is 19.4. The number of hydrogen-bond donors (Lipinski definition) is 2. The molecule has 0 rings (SSSR count). The van der Waals surface area contributed by atoms with Gasteiger partial charge in [0.05, 0.1) is 13.2 Å². The van der Waals surface area contributed by atoms with Crippen molar-refractivity contribution in [3.8, 4) is 0 Å². The van der Waals surface area contributed by atoms with E-state index >= 15 is 0 Å². The van der Waals surface area contributed by atoms with Gasteiger partial charge < -0.3 is 10.8 Å². The van der Waals surface area contributed by atoms with Gasteiger partial charge in [0.2, 0.25) is 0 Å². The summed E-state index contributed by atoms with van der Waals surface area (Å²) in [7, 11) is 0. The third-order valence-corrected chi connectivity index (χ3v) is 2.51. The van der Waals surface area contributed by atoms with Crippen LogP contribution in [0.2, 0.25) is 0 Å². The van der Waals surface area contributed by atoms with E-state index in [1.807, 2.05) is 0 Å². The summed E-state index contributed by atoms with van der Waals surface area (Å²) in [5.41, 5.74) is 5.71. The molecule has 0 aliphatic carbocycles. The van der Waals surface area contributed by atoms with Gasteiger partial charge in [-0.25, -0.2) is 0 Å². The number of hydrogen-bond acceptors (Lipinski definition) is 3. The van der Waals surface area contributed by atoms with E-state index in [1.165, 1.54) is 4.90 Å². The molecule has 0 aromatic carbocycles. The number of aliphatic hydroxyl groups is 1. The highest BCUT2D eigenvalue weighted by molar-refractivity contribution is 4.82. The summed E-state index contributed by atoms with van der Waals surface area (Å²) in [4.78, 5) is 1.22. The lowest BCUT2D eigenvalue weighted by Gasteiger charge is -2.34. The average Bonchev–Trinajstić information content (AvgIpc) is 2.16. The van der Waals surface area contributed by atoms with E-state index < -0.39 is 24.8 Å². The average molecular weight is 242 g/mol. The van der Waals surface area contributed by atoms with E-state index in [2.05, 4.69) is 0 Å². The van der Waals surface area contributed by atoms with Crippen LogP contribution in [-0.4, -0.2) is 48.0 Å². The smallest absolute Gasteiger partial charge is 0.395 e. The standard InChI is InChI=1S/C10H21F3N2O/c1-3-5-15(7-10(11,12)13)9(6-16)8(14)4-2/h8-9,16H,3-7,14H2,1-2H3. The lowest BCUT2D eigenvalue weighted by atomic mass is 10.1. The van der Waals surface area contributed by atoms with Gasteiger partial charge in [0.25, 0.3) is 0 Å². The molecule has 0 aromatic rings. The number of nitrogens with zero attached hydrogens (tertiary/aromatic N) is 1. The maximum Gasteiger partial charge on any atom is 0.401 e. The fraction of sp³-hybridized carbons (Fsp3) is 1.00. The van der Waals surface area contributed by atoms with Crippen molar-refractivity contribution in [2.24, 2.45) is 5.73 Å². The highest BCUT2D eigenvalue weighted by Gasteiger charge is 2.34. The Morgan fingerprint density at radius 3 is 2.19 bits per heavy atom. The molecule has 0 saturated heterocycles. The highest BCUT2D eigenvalue weighted by Crippen LogP contribution is 2.19. The lowest BCUT2D eigenvalue weighted by Crippen LogP contribution is -2.52. The zero-order chi connectivity index (χ0) is 12.8. The topological polar surface area (TPSA) is 49.5 Å². The van der Waals surface area contributed by atoms with Crippen LogP contribution in [0.15, 0.2) is 0 Å². The molecule has 98 valence electrons. The monoisotopic (exact) mass is 242 g/mol. The van der Waals surface area contributed by atoms with Gasteiger partial charge >= 0.3 is 6.18 Å². The van der Waals surface area contributed by atoms with Crippen molar-refractivity contribution < 1.29 is 18.3 Å². The number of aliphatic hydroxyl groups excluding tert-OH is 1. The molecular weight excluding hydrogens is 221 g/mol. The van der Waals surface area contributed by atoms with Crippen molar-refractivity contribution in [1.29, 1.82) is 0 Å². The Morgan fingerprint density at radius 2 is 1.88 bits per heavy atom.